The van der Waals surface area contributed by atoms with Crippen LogP contribution in [-0.4, -0.2) is 57.8 Å². The largest absolute Gasteiger partial charge is 0.383 e. The average Bonchev–Trinajstić information content (AvgIpc) is 2.29. The molecular weight excluding hydrogens is 331 g/mol. The summed E-state index contributed by atoms with van der Waals surface area (Å²) in [5, 5.41) is 3.10. The quantitative estimate of drug-likeness (QED) is 0.278. The van der Waals surface area contributed by atoms with E-state index in [1.807, 2.05) is 0 Å². The zero-order valence-electron chi connectivity index (χ0n) is 11.2. The van der Waals surface area contributed by atoms with Crippen LogP contribution in [0.25, 0.3) is 0 Å². The molecule has 0 rings (SSSR count). The van der Waals surface area contributed by atoms with Crippen molar-refractivity contribution in [2.75, 3.05) is 46.9 Å². The lowest BCUT2D eigenvalue weighted by atomic mass is 10.4. The van der Waals surface area contributed by atoms with E-state index in [1.165, 1.54) is 0 Å². The minimum atomic E-state index is 0. The minimum Gasteiger partial charge on any atom is -0.383 e. The molecule has 0 saturated carbocycles. The minimum absolute atomic E-state index is 0. The molecule has 0 aromatic rings. The van der Waals surface area contributed by atoms with Gasteiger partial charge in [-0.05, 0) is 26.4 Å². The Bertz CT molecular complexity index is 190. The molecule has 0 spiro atoms. The van der Waals surface area contributed by atoms with Gasteiger partial charge in [-0.2, -0.15) is 0 Å². The summed E-state index contributed by atoms with van der Waals surface area (Å²) in [4.78, 5) is 6.40. The molecule has 0 amide bonds. The summed E-state index contributed by atoms with van der Waals surface area (Å²) in [5.41, 5.74) is 5.66. The summed E-state index contributed by atoms with van der Waals surface area (Å²) in [7, 11) is 3.81. The highest BCUT2D eigenvalue weighted by Gasteiger charge is 1.97. The van der Waals surface area contributed by atoms with Gasteiger partial charge in [0.15, 0.2) is 5.96 Å². The first kappa shape index (κ1) is 19.3. The molecule has 0 fully saturated rings. The van der Waals surface area contributed by atoms with Gasteiger partial charge in [0.05, 0.1) is 6.61 Å². The summed E-state index contributed by atoms with van der Waals surface area (Å²) >= 11 is 0. The van der Waals surface area contributed by atoms with Crippen molar-refractivity contribution in [3.8, 4) is 0 Å². The first-order chi connectivity index (χ1) is 7.70. The van der Waals surface area contributed by atoms with E-state index in [0.29, 0.717) is 5.96 Å². The Kier molecular flexibility index (Phi) is 15.8. The van der Waals surface area contributed by atoms with E-state index >= 15 is 0 Å². The Labute approximate surface area is 122 Å². The van der Waals surface area contributed by atoms with Crippen LogP contribution in [-0.2, 0) is 4.74 Å². The van der Waals surface area contributed by atoms with E-state index in [2.05, 4.69) is 29.2 Å². The van der Waals surface area contributed by atoms with Crippen molar-refractivity contribution in [2.45, 2.75) is 19.8 Å². The summed E-state index contributed by atoms with van der Waals surface area (Å²) in [5.74, 6) is 0.557. The summed E-state index contributed by atoms with van der Waals surface area (Å²) in [6.07, 6.45) is 2.09. The third-order valence-electron chi connectivity index (χ3n) is 2.21. The number of methoxy groups -OCH3 is 1. The van der Waals surface area contributed by atoms with Crippen LogP contribution in [0.4, 0.5) is 0 Å². The van der Waals surface area contributed by atoms with Crippen LogP contribution in [0.1, 0.15) is 19.8 Å². The van der Waals surface area contributed by atoms with Crippen molar-refractivity contribution >= 4 is 29.9 Å². The molecule has 0 saturated heterocycles. The van der Waals surface area contributed by atoms with E-state index in [9.17, 15) is 0 Å². The number of nitrogens with one attached hydrogen (secondary N) is 1. The van der Waals surface area contributed by atoms with Gasteiger partial charge in [-0.1, -0.05) is 6.92 Å². The molecule has 17 heavy (non-hydrogen) atoms. The van der Waals surface area contributed by atoms with Crippen LogP contribution in [0.15, 0.2) is 4.99 Å². The third-order valence-corrected chi connectivity index (χ3v) is 2.21. The Morgan fingerprint density at radius 2 is 2.12 bits per heavy atom. The molecule has 0 unspecified atom stereocenters. The van der Waals surface area contributed by atoms with Crippen molar-refractivity contribution in [3.63, 3.8) is 0 Å². The molecule has 3 N–H and O–H groups in total. The monoisotopic (exact) mass is 358 g/mol. The molecule has 0 radical (unpaired) electrons. The number of halogens is 1. The van der Waals surface area contributed by atoms with Crippen LogP contribution in [0, 0.1) is 0 Å². The van der Waals surface area contributed by atoms with Gasteiger partial charge in [0, 0.05) is 26.7 Å². The first-order valence-electron chi connectivity index (χ1n) is 5.92. The van der Waals surface area contributed by atoms with Crippen LogP contribution in [0.5, 0.6) is 0 Å². The molecule has 0 aliphatic heterocycles. The standard InChI is InChI=1S/C11H26N4O.HI/c1-4-6-13-11(12)14-7-5-8-15(2)9-10-16-3;/h4-10H2,1-3H3,(H3,12,13,14);1H. The maximum atomic E-state index is 5.66. The predicted molar refractivity (Wildman–Crippen MR) is 84.2 cm³/mol. The molecule has 104 valence electrons. The van der Waals surface area contributed by atoms with Crippen LogP contribution in [0.2, 0.25) is 0 Å². The third kappa shape index (κ3) is 13.9. The van der Waals surface area contributed by atoms with Gasteiger partial charge >= 0.3 is 0 Å². The van der Waals surface area contributed by atoms with Crippen molar-refractivity contribution in [3.05, 3.63) is 0 Å². The lowest BCUT2D eigenvalue weighted by Gasteiger charge is -2.15. The molecule has 0 aromatic heterocycles. The van der Waals surface area contributed by atoms with Gasteiger partial charge in [-0.15, -0.1) is 24.0 Å². The maximum Gasteiger partial charge on any atom is 0.188 e. The maximum absolute atomic E-state index is 5.66. The predicted octanol–water partition coefficient (Wildman–Crippen LogP) is 0.887. The molecular formula is C11H27IN4O. The van der Waals surface area contributed by atoms with E-state index in [0.717, 1.165) is 45.6 Å². The number of hydrogen-bond acceptors (Lipinski definition) is 3. The van der Waals surface area contributed by atoms with Gasteiger partial charge in [0.2, 0.25) is 0 Å². The fourth-order valence-corrected chi connectivity index (χ4v) is 1.21. The molecule has 0 aliphatic rings. The van der Waals surface area contributed by atoms with Gasteiger partial charge < -0.3 is 20.7 Å². The fourth-order valence-electron chi connectivity index (χ4n) is 1.21. The lowest BCUT2D eigenvalue weighted by Crippen LogP contribution is -2.34. The summed E-state index contributed by atoms with van der Waals surface area (Å²) in [6, 6.07) is 0. The van der Waals surface area contributed by atoms with Crippen molar-refractivity contribution in [1.29, 1.82) is 0 Å². The Morgan fingerprint density at radius 1 is 1.41 bits per heavy atom. The highest BCUT2D eigenvalue weighted by atomic mass is 127. The summed E-state index contributed by atoms with van der Waals surface area (Å²) < 4.78 is 5.00. The molecule has 5 nitrogen and oxygen atoms in total. The van der Waals surface area contributed by atoms with E-state index in [1.54, 1.807) is 7.11 Å². The second-order valence-electron chi connectivity index (χ2n) is 3.84. The van der Waals surface area contributed by atoms with Crippen LogP contribution >= 0.6 is 24.0 Å². The van der Waals surface area contributed by atoms with Gasteiger partial charge in [0.1, 0.15) is 0 Å². The number of ether oxygens (including phenoxy) is 1. The topological polar surface area (TPSA) is 62.9 Å². The number of likely N-dealkylation sites (N-methyl/N-ethyl adjacent to an activating group) is 1. The number of hydrogen-bond donors (Lipinski definition) is 2. The smallest absolute Gasteiger partial charge is 0.188 e. The van der Waals surface area contributed by atoms with Crippen molar-refractivity contribution in [1.82, 2.24) is 10.2 Å². The average molecular weight is 358 g/mol. The van der Waals surface area contributed by atoms with E-state index in [-0.39, 0.29) is 24.0 Å². The van der Waals surface area contributed by atoms with Crippen molar-refractivity contribution in [2.24, 2.45) is 10.7 Å². The first-order valence-corrected chi connectivity index (χ1v) is 5.92. The fraction of sp³-hybridized carbons (Fsp3) is 0.909. The number of aliphatic imine (C=N–C) groups is 1. The number of rotatable bonds is 9. The highest BCUT2D eigenvalue weighted by molar-refractivity contribution is 14.0. The Balaban J connectivity index is 0. The SMILES string of the molecule is CCCN=C(N)NCCCN(C)CCOC.I. The number of guanidine groups is 1. The molecule has 0 atom stereocenters. The zero-order valence-corrected chi connectivity index (χ0v) is 13.6. The number of nitrogens with zero attached hydrogens (tertiary/aromatic N) is 2. The molecule has 0 aromatic carbocycles. The molecule has 0 aliphatic carbocycles. The molecule has 6 heteroatoms. The van der Waals surface area contributed by atoms with Gasteiger partial charge in [-0.3, -0.25) is 4.99 Å². The zero-order chi connectivity index (χ0) is 12.2. The van der Waals surface area contributed by atoms with E-state index in [4.69, 9.17) is 10.5 Å². The second kappa shape index (κ2) is 14.0. The van der Waals surface area contributed by atoms with Gasteiger partial charge in [0.25, 0.3) is 0 Å². The summed E-state index contributed by atoms with van der Waals surface area (Å²) in [6.45, 7) is 6.54. The highest BCUT2D eigenvalue weighted by Crippen LogP contribution is 1.86. The van der Waals surface area contributed by atoms with Crippen LogP contribution < -0.4 is 11.1 Å². The lowest BCUT2D eigenvalue weighted by molar-refractivity contribution is 0.161. The van der Waals surface area contributed by atoms with Gasteiger partial charge in [-0.25, -0.2) is 0 Å². The second-order valence-corrected chi connectivity index (χ2v) is 3.84. The number of nitrogens with two attached hydrogens (primary N) is 1. The molecule has 0 heterocycles. The van der Waals surface area contributed by atoms with Crippen molar-refractivity contribution < 1.29 is 4.74 Å². The van der Waals surface area contributed by atoms with E-state index < -0.39 is 0 Å². The Morgan fingerprint density at radius 3 is 2.71 bits per heavy atom. The van der Waals surface area contributed by atoms with Crippen LogP contribution in [0.3, 0.4) is 0 Å². The Hall–Kier alpha value is -0.0800. The normalized spacial score (nSPS) is 11.4. The molecule has 0 bridgehead atoms.